The Hall–Kier alpha value is -1.58. The second-order valence-electron chi connectivity index (χ2n) is 8.00. The number of halogens is 2. The summed E-state index contributed by atoms with van der Waals surface area (Å²) in [6.45, 7) is 4.92. The highest BCUT2D eigenvalue weighted by molar-refractivity contribution is 7.85. The van der Waals surface area contributed by atoms with Crippen LogP contribution in [0.25, 0.3) is 0 Å². The fourth-order valence-corrected chi connectivity index (χ4v) is 5.12. The molecule has 1 aromatic carbocycles. The summed E-state index contributed by atoms with van der Waals surface area (Å²) < 4.78 is 61.6. The summed E-state index contributed by atoms with van der Waals surface area (Å²) in [7, 11) is -4.30. The van der Waals surface area contributed by atoms with Crippen molar-refractivity contribution < 1.29 is 31.7 Å². The van der Waals surface area contributed by atoms with E-state index in [9.17, 15) is 26.5 Å². The maximum Gasteiger partial charge on any atom is 0.303 e. The van der Waals surface area contributed by atoms with Gasteiger partial charge in [-0.3, -0.25) is 9.28 Å². The lowest BCUT2D eigenvalue weighted by atomic mass is 9.97. The molecule has 6 nitrogen and oxygen atoms in total. The third-order valence-electron chi connectivity index (χ3n) is 6.16. The monoisotopic (exact) mass is 433 g/mol. The molecule has 1 N–H and O–H groups in total. The summed E-state index contributed by atoms with van der Waals surface area (Å²) in [5.74, 6) is -2.69. The summed E-state index contributed by atoms with van der Waals surface area (Å²) >= 11 is 0. The molecule has 29 heavy (non-hydrogen) atoms. The lowest BCUT2D eigenvalue weighted by Crippen LogP contribution is -2.55. The van der Waals surface area contributed by atoms with Crippen LogP contribution in [0.5, 0.6) is 0 Å². The molecule has 1 heterocycles. The Bertz CT molecular complexity index is 846. The average Bonchev–Trinajstić information content (AvgIpc) is 2.79. The number of aliphatic carboxylic acids is 1. The zero-order chi connectivity index (χ0) is 21.8. The van der Waals surface area contributed by atoms with Crippen LogP contribution in [0.3, 0.4) is 0 Å². The second-order valence-corrected chi connectivity index (χ2v) is 9.53. The number of benzene rings is 1. The SMILES string of the molecule is CC1c2c(F)cc(F)cc2[N+](CCCCCC(=O)O)(CCCCS(=O)(=O)[O-])C1C. The third kappa shape index (κ3) is 5.73. The first kappa shape index (κ1) is 23.7. The molecule has 1 aromatic rings. The number of quaternary nitrogens is 1. The van der Waals surface area contributed by atoms with Crippen LogP contribution in [-0.2, 0) is 14.9 Å². The summed E-state index contributed by atoms with van der Waals surface area (Å²) in [6, 6.07) is 2.20. The van der Waals surface area contributed by atoms with Crippen LogP contribution in [0.4, 0.5) is 14.5 Å². The Morgan fingerprint density at radius 2 is 1.72 bits per heavy atom. The van der Waals surface area contributed by atoms with Crippen molar-refractivity contribution in [2.24, 2.45) is 0 Å². The van der Waals surface area contributed by atoms with Crippen molar-refractivity contribution in [3.63, 3.8) is 0 Å². The van der Waals surface area contributed by atoms with E-state index in [1.54, 1.807) is 0 Å². The van der Waals surface area contributed by atoms with Crippen LogP contribution in [0, 0.1) is 11.6 Å². The van der Waals surface area contributed by atoms with Gasteiger partial charge in [0.2, 0.25) is 0 Å². The van der Waals surface area contributed by atoms with Gasteiger partial charge < -0.3 is 9.66 Å². The van der Waals surface area contributed by atoms with Gasteiger partial charge in [-0.05, 0) is 39.0 Å². The molecule has 0 aromatic heterocycles. The first-order valence-corrected chi connectivity index (χ1v) is 11.6. The Balaban J connectivity index is 2.26. The topological polar surface area (TPSA) is 94.5 Å². The molecule has 0 bridgehead atoms. The molecule has 3 unspecified atom stereocenters. The fourth-order valence-electron chi connectivity index (χ4n) is 4.56. The standard InChI is InChI=1S/C20H29F2NO5S/c1-14-15(2)23(9-5-3-4-8-19(24)25,10-6-7-11-29(26,27)28)18-13-16(21)12-17(22)20(14)18/h12-15H,3-11H2,1-2H3,(H-,24,25,26,27,28). The number of nitrogens with zero attached hydrogens (tertiary/aromatic N) is 1. The molecule has 3 atom stereocenters. The van der Waals surface area contributed by atoms with E-state index in [0.29, 0.717) is 54.5 Å². The van der Waals surface area contributed by atoms with Gasteiger partial charge >= 0.3 is 5.97 Å². The van der Waals surface area contributed by atoms with Crippen LogP contribution in [0.15, 0.2) is 12.1 Å². The number of hydrogen-bond acceptors (Lipinski definition) is 4. The van der Waals surface area contributed by atoms with E-state index in [2.05, 4.69) is 0 Å². The van der Waals surface area contributed by atoms with E-state index in [4.69, 9.17) is 5.11 Å². The molecule has 0 saturated heterocycles. The molecular formula is C20H29F2NO5S. The van der Waals surface area contributed by atoms with E-state index in [-0.39, 0.29) is 24.8 Å². The van der Waals surface area contributed by atoms with Crippen molar-refractivity contribution >= 4 is 21.8 Å². The van der Waals surface area contributed by atoms with E-state index < -0.39 is 33.5 Å². The summed E-state index contributed by atoms with van der Waals surface area (Å²) in [4.78, 5) is 10.7. The van der Waals surface area contributed by atoms with E-state index >= 15 is 0 Å². The molecule has 0 radical (unpaired) electrons. The second kappa shape index (κ2) is 9.49. The van der Waals surface area contributed by atoms with Gasteiger partial charge in [-0.1, -0.05) is 6.92 Å². The zero-order valence-electron chi connectivity index (χ0n) is 16.9. The molecule has 0 fully saturated rings. The number of unbranched alkanes of at least 4 members (excludes halogenated alkanes) is 3. The maximum atomic E-state index is 14.6. The van der Waals surface area contributed by atoms with Crippen molar-refractivity contribution in [2.75, 3.05) is 18.8 Å². The van der Waals surface area contributed by atoms with E-state index in [0.717, 1.165) is 6.07 Å². The minimum atomic E-state index is -4.30. The number of fused-ring (bicyclic) bond motifs is 1. The van der Waals surface area contributed by atoms with Gasteiger partial charge in [0.25, 0.3) is 0 Å². The first-order chi connectivity index (χ1) is 13.5. The molecule has 1 aliphatic rings. The highest BCUT2D eigenvalue weighted by Crippen LogP contribution is 2.48. The molecule has 2 rings (SSSR count). The lowest BCUT2D eigenvalue weighted by molar-refractivity contribution is -0.137. The molecule has 164 valence electrons. The van der Waals surface area contributed by atoms with Crippen molar-refractivity contribution in [1.82, 2.24) is 4.48 Å². The molecule has 0 aliphatic carbocycles. The smallest absolute Gasteiger partial charge is 0.303 e. The Morgan fingerprint density at radius 1 is 1.10 bits per heavy atom. The van der Waals surface area contributed by atoms with Gasteiger partial charge in [-0.25, -0.2) is 17.2 Å². The number of carboxylic acid groups (broad SMARTS) is 1. The lowest BCUT2D eigenvalue weighted by Gasteiger charge is -2.40. The van der Waals surface area contributed by atoms with Crippen LogP contribution in [-0.4, -0.2) is 48.9 Å². The Labute approximate surface area is 170 Å². The number of rotatable bonds is 11. The zero-order valence-corrected chi connectivity index (χ0v) is 17.7. The van der Waals surface area contributed by atoms with Gasteiger partial charge in [-0.2, -0.15) is 0 Å². The quantitative estimate of drug-likeness (QED) is 0.326. The van der Waals surface area contributed by atoms with E-state index in [1.807, 2.05) is 13.8 Å². The van der Waals surface area contributed by atoms with E-state index in [1.165, 1.54) is 6.07 Å². The average molecular weight is 434 g/mol. The summed E-state index contributed by atoms with van der Waals surface area (Å²) in [6.07, 6.45) is 2.59. The largest absolute Gasteiger partial charge is 0.748 e. The molecule has 1 aliphatic heterocycles. The summed E-state index contributed by atoms with van der Waals surface area (Å²) in [5.41, 5.74) is 1.06. The molecule has 9 heteroatoms. The van der Waals surface area contributed by atoms with Gasteiger partial charge in [0.05, 0.1) is 34.8 Å². The van der Waals surface area contributed by atoms with Crippen LogP contribution in [0.1, 0.15) is 63.9 Å². The van der Waals surface area contributed by atoms with Crippen molar-refractivity contribution in [1.29, 1.82) is 0 Å². The summed E-state index contributed by atoms with van der Waals surface area (Å²) in [5, 5.41) is 8.79. The van der Waals surface area contributed by atoms with Gasteiger partial charge in [0.1, 0.15) is 17.3 Å². The van der Waals surface area contributed by atoms with Crippen molar-refractivity contribution in [3.05, 3.63) is 29.3 Å². The minimum Gasteiger partial charge on any atom is -0.748 e. The molecule has 0 spiro atoms. The number of carboxylic acids is 1. The number of carbonyl (C=O) groups is 1. The molecule has 0 amide bonds. The first-order valence-electron chi connectivity index (χ1n) is 9.99. The fraction of sp³-hybridized carbons (Fsp3) is 0.650. The van der Waals surface area contributed by atoms with Gasteiger partial charge in [-0.15, -0.1) is 0 Å². The van der Waals surface area contributed by atoms with Crippen molar-refractivity contribution in [3.8, 4) is 0 Å². The highest BCUT2D eigenvalue weighted by Gasteiger charge is 2.49. The minimum absolute atomic E-state index is 0.0513. The van der Waals surface area contributed by atoms with Crippen molar-refractivity contribution in [2.45, 2.75) is 64.3 Å². The van der Waals surface area contributed by atoms with Crippen LogP contribution < -0.4 is 4.48 Å². The predicted octanol–water partition coefficient (Wildman–Crippen LogP) is 3.75. The number of hydrogen-bond donors (Lipinski definition) is 1. The predicted molar refractivity (Wildman–Crippen MR) is 106 cm³/mol. The van der Waals surface area contributed by atoms with Gasteiger partial charge in [0.15, 0.2) is 0 Å². The van der Waals surface area contributed by atoms with Crippen LogP contribution >= 0.6 is 0 Å². The third-order valence-corrected chi connectivity index (χ3v) is 6.95. The van der Waals surface area contributed by atoms with Crippen LogP contribution in [0.2, 0.25) is 0 Å². The highest BCUT2D eigenvalue weighted by atomic mass is 32.2. The molecular weight excluding hydrogens is 404 g/mol. The molecule has 0 saturated carbocycles. The normalized spacial score (nSPS) is 23.9. The Kier molecular flexibility index (Phi) is 7.75. The maximum absolute atomic E-state index is 14.6. The van der Waals surface area contributed by atoms with Gasteiger partial charge in [0, 0.05) is 30.2 Å². The Morgan fingerprint density at radius 3 is 2.31 bits per heavy atom.